The van der Waals surface area contributed by atoms with Gasteiger partial charge in [-0.05, 0) is 31.9 Å². The van der Waals surface area contributed by atoms with Gasteiger partial charge < -0.3 is 15.4 Å². The van der Waals surface area contributed by atoms with Crippen molar-refractivity contribution in [3.8, 4) is 0 Å². The number of rotatable bonds is 3. The van der Waals surface area contributed by atoms with Crippen LogP contribution >= 0.6 is 0 Å². The van der Waals surface area contributed by atoms with E-state index in [1.807, 2.05) is 23.8 Å². The average Bonchev–Trinajstić information content (AvgIpc) is 3.01. The summed E-state index contributed by atoms with van der Waals surface area (Å²) < 4.78 is 1.93. The van der Waals surface area contributed by atoms with Crippen LogP contribution in [0, 0.1) is 6.92 Å². The molecule has 0 radical (unpaired) electrons. The topological polar surface area (TPSA) is 106 Å². The molecule has 0 spiro atoms. The molecule has 1 aliphatic rings. The van der Waals surface area contributed by atoms with Gasteiger partial charge in [-0.25, -0.2) is 15.0 Å². The fourth-order valence-corrected chi connectivity index (χ4v) is 3.82. The van der Waals surface area contributed by atoms with E-state index in [-0.39, 0.29) is 6.04 Å². The third-order valence-corrected chi connectivity index (χ3v) is 5.19. The summed E-state index contributed by atoms with van der Waals surface area (Å²) in [6, 6.07) is 3.89. The minimum atomic E-state index is -0.922. The number of β-amino-alcohol motifs (C(OH)–C–C–N with tert-alkyl or cyclic N) is 1. The molecule has 1 saturated heterocycles. The number of nitrogens with zero attached hydrogens (tertiary/aromatic N) is 6. The maximum absolute atomic E-state index is 11.2. The Morgan fingerprint density at radius 3 is 2.92 bits per heavy atom. The number of aryl methyl sites for hydroxylation is 1. The van der Waals surface area contributed by atoms with Gasteiger partial charge in [-0.15, -0.1) is 0 Å². The molecular formula is C18H23N7O. The Bertz CT molecular complexity index is 936. The summed E-state index contributed by atoms with van der Waals surface area (Å²) in [7, 11) is 0. The number of aliphatic hydroxyl groups is 1. The molecule has 1 fully saturated rings. The molecule has 26 heavy (non-hydrogen) atoms. The standard InChI is InChI=1S/C18H23N7O/c1-12-4-3-6-20-13(12)8-24-7-5-14(18(2,26)9-24)25-11-23-15-16(19)21-10-22-17(15)25/h3-4,6,10-11,14,26H,5,7-9H2,1-2H3,(H2,19,21,22)/t14-,18-/m1/s1. The summed E-state index contributed by atoms with van der Waals surface area (Å²) in [5.74, 6) is 0.358. The van der Waals surface area contributed by atoms with Crippen LogP contribution in [0.25, 0.3) is 11.2 Å². The lowest BCUT2D eigenvalue weighted by atomic mass is 9.88. The summed E-state index contributed by atoms with van der Waals surface area (Å²) in [4.78, 5) is 19.3. The van der Waals surface area contributed by atoms with Crippen LogP contribution in [-0.2, 0) is 6.54 Å². The molecule has 0 unspecified atom stereocenters. The summed E-state index contributed by atoms with van der Waals surface area (Å²) >= 11 is 0. The molecule has 3 aromatic heterocycles. The lowest BCUT2D eigenvalue weighted by Crippen LogP contribution is -2.52. The van der Waals surface area contributed by atoms with E-state index >= 15 is 0 Å². The van der Waals surface area contributed by atoms with Gasteiger partial charge in [0, 0.05) is 25.8 Å². The Hall–Kier alpha value is -2.58. The largest absolute Gasteiger partial charge is 0.387 e. The van der Waals surface area contributed by atoms with E-state index in [2.05, 4.69) is 37.8 Å². The van der Waals surface area contributed by atoms with Gasteiger partial charge in [0.2, 0.25) is 0 Å². The molecule has 8 heteroatoms. The minimum absolute atomic E-state index is 0.122. The first-order valence-electron chi connectivity index (χ1n) is 8.74. The molecule has 0 aliphatic carbocycles. The Morgan fingerprint density at radius 2 is 2.15 bits per heavy atom. The lowest BCUT2D eigenvalue weighted by Gasteiger charge is -2.43. The second kappa shape index (κ2) is 6.30. The van der Waals surface area contributed by atoms with Gasteiger partial charge in [0.25, 0.3) is 0 Å². The molecule has 2 atom stereocenters. The molecule has 0 aromatic carbocycles. The number of imidazole rings is 1. The highest BCUT2D eigenvalue weighted by Gasteiger charge is 2.40. The molecule has 8 nitrogen and oxygen atoms in total. The summed E-state index contributed by atoms with van der Waals surface area (Å²) in [6.45, 7) is 6.07. The first kappa shape index (κ1) is 16.9. The van der Waals surface area contributed by atoms with Gasteiger partial charge in [0.15, 0.2) is 11.5 Å². The number of pyridine rings is 1. The van der Waals surface area contributed by atoms with Crippen molar-refractivity contribution in [1.82, 2.24) is 29.4 Å². The predicted octanol–water partition coefficient (Wildman–Crippen LogP) is 1.31. The van der Waals surface area contributed by atoms with Crippen LogP contribution in [0.2, 0.25) is 0 Å². The molecular weight excluding hydrogens is 330 g/mol. The van der Waals surface area contributed by atoms with Crippen molar-refractivity contribution in [2.45, 2.75) is 38.5 Å². The summed E-state index contributed by atoms with van der Waals surface area (Å²) in [6.07, 6.45) is 5.74. The van der Waals surface area contributed by atoms with Crippen molar-refractivity contribution >= 4 is 17.0 Å². The summed E-state index contributed by atoms with van der Waals surface area (Å²) in [5, 5.41) is 11.2. The minimum Gasteiger partial charge on any atom is -0.387 e. The Balaban J connectivity index is 1.57. The second-order valence-corrected chi connectivity index (χ2v) is 7.22. The van der Waals surface area contributed by atoms with E-state index in [0.29, 0.717) is 23.5 Å². The number of nitrogen functional groups attached to an aromatic ring is 1. The monoisotopic (exact) mass is 353 g/mol. The third kappa shape index (κ3) is 2.91. The fourth-order valence-electron chi connectivity index (χ4n) is 3.82. The fraction of sp³-hybridized carbons (Fsp3) is 0.444. The average molecular weight is 353 g/mol. The van der Waals surface area contributed by atoms with E-state index in [1.165, 1.54) is 11.9 Å². The number of hydrogen-bond acceptors (Lipinski definition) is 7. The number of aromatic nitrogens is 5. The van der Waals surface area contributed by atoms with Crippen molar-refractivity contribution in [3.05, 3.63) is 42.2 Å². The zero-order chi connectivity index (χ0) is 18.3. The zero-order valence-corrected chi connectivity index (χ0v) is 15.0. The molecule has 1 aliphatic heterocycles. The van der Waals surface area contributed by atoms with Crippen LogP contribution in [0.5, 0.6) is 0 Å². The van der Waals surface area contributed by atoms with Gasteiger partial charge in [-0.3, -0.25) is 9.88 Å². The zero-order valence-electron chi connectivity index (χ0n) is 15.0. The highest BCUT2D eigenvalue weighted by atomic mass is 16.3. The van der Waals surface area contributed by atoms with E-state index in [1.54, 1.807) is 6.33 Å². The molecule has 136 valence electrons. The molecule has 0 saturated carbocycles. The van der Waals surface area contributed by atoms with Crippen molar-refractivity contribution in [3.63, 3.8) is 0 Å². The third-order valence-electron chi connectivity index (χ3n) is 5.19. The smallest absolute Gasteiger partial charge is 0.165 e. The number of nitrogens with two attached hydrogens (primary N) is 1. The van der Waals surface area contributed by atoms with Crippen LogP contribution in [0.1, 0.15) is 30.6 Å². The number of piperidine rings is 1. The maximum Gasteiger partial charge on any atom is 0.165 e. The first-order valence-corrected chi connectivity index (χ1v) is 8.74. The van der Waals surface area contributed by atoms with Crippen molar-refractivity contribution in [2.75, 3.05) is 18.8 Å². The van der Waals surface area contributed by atoms with E-state index in [0.717, 1.165) is 25.2 Å². The number of hydrogen-bond donors (Lipinski definition) is 2. The predicted molar refractivity (Wildman–Crippen MR) is 98.3 cm³/mol. The normalized spacial score (nSPS) is 24.2. The highest BCUT2D eigenvalue weighted by Crippen LogP contribution is 2.34. The van der Waals surface area contributed by atoms with Gasteiger partial charge in [0.05, 0.1) is 23.7 Å². The Morgan fingerprint density at radius 1 is 1.31 bits per heavy atom. The second-order valence-electron chi connectivity index (χ2n) is 7.22. The van der Waals surface area contributed by atoms with Crippen LogP contribution in [0.4, 0.5) is 5.82 Å². The number of likely N-dealkylation sites (tertiary alicyclic amines) is 1. The summed E-state index contributed by atoms with van der Waals surface area (Å²) in [5.41, 5.74) is 8.42. The van der Waals surface area contributed by atoms with Crippen LogP contribution < -0.4 is 5.73 Å². The Labute approximate surface area is 151 Å². The quantitative estimate of drug-likeness (QED) is 0.731. The van der Waals surface area contributed by atoms with Crippen LogP contribution in [0.15, 0.2) is 31.0 Å². The van der Waals surface area contributed by atoms with E-state index < -0.39 is 5.60 Å². The van der Waals surface area contributed by atoms with E-state index in [9.17, 15) is 5.11 Å². The van der Waals surface area contributed by atoms with Crippen LogP contribution in [-0.4, -0.2) is 53.2 Å². The molecule has 4 rings (SSSR count). The SMILES string of the molecule is Cc1cccnc1CN1CC[C@@H](n2cnc3c(N)ncnc32)[C@](C)(O)C1. The van der Waals surface area contributed by atoms with E-state index in [4.69, 9.17) is 5.73 Å². The van der Waals surface area contributed by atoms with Crippen molar-refractivity contribution < 1.29 is 5.11 Å². The van der Waals surface area contributed by atoms with Gasteiger partial charge >= 0.3 is 0 Å². The van der Waals surface area contributed by atoms with Gasteiger partial charge in [0.1, 0.15) is 11.8 Å². The van der Waals surface area contributed by atoms with Crippen molar-refractivity contribution in [2.24, 2.45) is 0 Å². The van der Waals surface area contributed by atoms with Crippen LogP contribution in [0.3, 0.4) is 0 Å². The highest BCUT2D eigenvalue weighted by molar-refractivity contribution is 5.81. The van der Waals surface area contributed by atoms with Gasteiger partial charge in [-0.1, -0.05) is 6.07 Å². The molecule has 3 N–H and O–H groups in total. The molecule has 0 bridgehead atoms. The first-order chi connectivity index (χ1) is 12.5. The van der Waals surface area contributed by atoms with Gasteiger partial charge in [-0.2, -0.15) is 0 Å². The number of anilines is 1. The molecule has 3 aromatic rings. The maximum atomic E-state index is 11.2. The molecule has 0 amide bonds. The molecule has 4 heterocycles. The van der Waals surface area contributed by atoms with Crippen molar-refractivity contribution in [1.29, 1.82) is 0 Å². The lowest BCUT2D eigenvalue weighted by molar-refractivity contribution is -0.0582. The number of fused-ring (bicyclic) bond motifs is 1. The Kier molecular flexibility index (Phi) is 4.08.